The molecule has 0 saturated carbocycles. The molecule has 40 heavy (non-hydrogen) atoms. The molecule has 4 aromatic carbocycles. The summed E-state index contributed by atoms with van der Waals surface area (Å²) >= 11 is 0. The molecule has 0 amide bonds. The normalized spacial score (nSPS) is 10.0. The van der Waals surface area contributed by atoms with Gasteiger partial charge in [-0.3, -0.25) is 0 Å². The van der Waals surface area contributed by atoms with Crippen LogP contribution < -0.4 is 9.47 Å². The van der Waals surface area contributed by atoms with Crippen LogP contribution in [0.25, 0.3) is 11.1 Å². The first-order valence-corrected chi connectivity index (χ1v) is 12.8. The van der Waals surface area contributed by atoms with Crippen LogP contribution in [0.2, 0.25) is 0 Å². The second-order valence-corrected chi connectivity index (χ2v) is 9.14. The Morgan fingerprint density at radius 2 is 0.750 bits per heavy atom. The van der Waals surface area contributed by atoms with Crippen molar-refractivity contribution >= 4 is 0 Å². The summed E-state index contributed by atoms with van der Waals surface area (Å²) in [5.74, 6) is 1.07. The monoisotopic (exact) mass is 522 g/mol. The van der Waals surface area contributed by atoms with E-state index in [9.17, 15) is 21.0 Å². The molecule has 0 atom stereocenters. The van der Waals surface area contributed by atoms with E-state index >= 15 is 0 Å². The molecule has 0 fully saturated rings. The molecule has 4 rings (SSSR count). The number of nitrogens with zero attached hydrogens (tertiary/aromatic N) is 4. The molecule has 0 radical (unpaired) electrons. The molecular formula is C34H26N4O2. The van der Waals surface area contributed by atoms with Crippen LogP contribution in [0.15, 0.2) is 84.9 Å². The number of rotatable bonds is 11. The van der Waals surface area contributed by atoms with Gasteiger partial charge in [-0.15, -0.1) is 0 Å². The maximum absolute atomic E-state index is 9.57. The Kier molecular flexibility index (Phi) is 9.50. The second-order valence-electron chi connectivity index (χ2n) is 9.14. The highest BCUT2D eigenvalue weighted by Gasteiger charge is 2.18. The molecule has 0 unspecified atom stereocenters. The van der Waals surface area contributed by atoms with E-state index in [0.717, 1.165) is 22.3 Å². The third-order valence-corrected chi connectivity index (χ3v) is 6.35. The van der Waals surface area contributed by atoms with Crippen LogP contribution >= 0.6 is 0 Å². The van der Waals surface area contributed by atoms with Gasteiger partial charge in [0.05, 0.1) is 50.0 Å². The van der Waals surface area contributed by atoms with Gasteiger partial charge in [0.1, 0.15) is 24.7 Å². The predicted octanol–water partition coefficient (Wildman–Crippen LogP) is 6.78. The molecule has 0 aliphatic heterocycles. The summed E-state index contributed by atoms with van der Waals surface area (Å²) in [4.78, 5) is 0. The molecule has 194 valence electrons. The molecule has 6 nitrogen and oxygen atoms in total. The summed E-state index contributed by atoms with van der Waals surface area (Å²) in [5, 5.41) is 38.3. The minimum atomic E-state index is 0.102. The van der Waals surface area contributed by atoms with Gasteiger partial charge in [0.15, 0.2) is 0 Å². The largest absolute Gasteiger partial charge is 0.488 e. The zero-order chi connectivity index (χ0) is 28.2. The third-order valence-electron chi connectivity index (χ3n) is 6.35. The molecular weight excluding hydrogens is 496 g/mol. The minimum absolute atomic E-state index is 0.102. The van der Waals surface area contributed by atoms with Crippen LogP contribution in [0.5, 0.6) is 11.5 Å². The fraction of sp³-hybridized carbons (Fsp3) is 0.176. The van der Waals surface area contributed by atoms with E-state index in [1.165, 1.54) is 0 Å². The smallest absolute Gasteiger partial charge is 0.128 e. The van der Waals surface area contributed by atoms with E-state index in [1.54, 1.807) is 0 Å². The number of ether oxygens (including phenoxy) is 2. The summed E-state index contributed by atoms with van der Waals surface area (Å²) in [6, 6.07) is 35.8. The first-order valence-electron chi connectivity index (χ1n) is 12.8. The Balaban J connectivity index is 1.77. The van der Waals surface area contributed by atoms with Crippen molar-refractivity contribution in [3.63, 3.8) is 0 Å². The summed E-state index contributed by atoms with van der Waals surface area (Å²) in [5.41, 5.74) is 6.20. The fourth-order valence-electron chi connectivity index (χ4n) is 4.54. The van der Waals surface area contributed by atoms with Gasteiger partial charge < -0.3 is 9.47 Å². The van der Waals surface area contributed by atoms with Crippen LogP contribution in [0.3, 0.4) is 0 Å². The van der Waals surface area contributed by atoms with Crippen molar-refractivity contribution in [3.8, 4) is 46.9 Å². The zero-order valence-electron chi connectivity index (χ0n) is 21.9. The molecule has 0 saturated heterocycles. The van der Waals surface area contributed by atoms with Crippen molar-refractivity contribution in [3.05, 3.63) is 118 Å². The number of hydrogen-bond acceptors (Lipinski definition) is 6. The molecule has 0 bridgehead atoms. The number of hydrogen-bond donors (Lipinski definition) is 0. The van der Waals surface area contributed by atoms with Gasteiger partial charge in [-0.05, 0) is 46.5 Å². The van der Waals surface area contributed by atoms with Crippen LogP contribution in [0, 0.1) is 45.3 Å². The average molecular weight is 523 g/mol. The number of nitriles is 4. The standard InChI is InChI=1S/C34H26N4O2/c35-15-11-27-19-31(20-28(12-16-36)33(27)39-23-25-7-3-1-4-8-25)32-21-29(13-17-37)34(30(22-32)14-18-38)40-24-26-9-5-2-6-10-26/h1-10,19-22H,11-14,23-24H2. The molecule has 0 N–H and O–H groups in total. The second kappa shape index (κ2) is 13.8. The van der Waals surface area contributed by atoms with Gasteiger partial charge in [-0.1, -0.05) is 60.7 Å². The van der Waals surface area contributed by atoms with Gasteiger partial charge in [0.25, 0.3) is 0 Å². The number of benzene rings is 4. The van der Waals surface area contributed by atoms with Crippen molar-refractivity contribution in [2.75, 3.05) is 0 Å². The van der Waals surface area contributed by atoms with Gasteiger partial charge in [-0.25, -0.2) is 0 Å². The topological polar surface area (TPSA) is 114 Å². The van der Waals surface area contributed by atoms with Gasteiger partial charge in [0.2, 0.25) is 0 Å². The van der Waals surface area contributed by atoms with E-state index in [4.69, 9.17) is 9.47 Å². The summed E-state index contributed by atoms with van der Waals surface area (Å²) in [7, 11) is 0. The molecule has 0 aromatic heterocycles. The fourth-order valence-corrected chi connectivity index (χ4v) is 4.54. The van der Waals surface area contributed by atoms with E-state index < -0.39 is 0 Å². The summed E-state index contributed by atoms with van der Waals surface area (Å²) < 4.78 is 12.3. The Hall–Kier alpha value is -5.56. The summed E-state index contributed by atoms with van der Waals surface area (Å²) in [6.45, 7) is 0.617. The van der Waals surface area contributed by atoms with Crippen LogP contribution in [0.1, 0.15) is 33.4 Å². The van der Waals surface area contributed by atoms with Crippen molar-refractivity contribution < 1.29 is 9.47 Å². The van der Waals surface area contributed by atoms with Gasteiger partial charge in [-0.2, -0.15) is 21.0 Å². The highest BCUT2D eigenvalue weighted by molar-refractivity contribution is 5.71. The van der Waals surface area contributed by atoms with Crippen LogP contribution in [-0.2, 0) is 38.9 Å². The average Bonchev–Trinajstić information content (AvgIpc) is 2.98. The van der Waals surface area contributed by atoms with Crippen LogP contribution in [0.4, 0.5) is 0 Å². The minimum Gasteiger partial charge on any atom is -0.488 e. The maximum Gasteiger partial charge on any atom is 0.128 e. The van der Waals surface area contributed by atoms with E-state index in [0.29, 0.717) is 47.0 Å². The van der Waals surface area contributed by atoms with Crippen molar-refractivity contribution in [2.45, 2.75) is 38.9 Å². The van der Waals surface area contributed by atoms with E-state index in [-0.39, 0.29) is 25.7 Å². The molecule has 0 aliphatic rings. The van der Waals surface area contributed by atoms with Crippen LogP contribution in [-0.4, -0.2) is 0 Å². The van der Waals surface area contributed by atoms with Gasteiger partial charge in [0, 0.05) is 22.3 Å². The Bertz CT molecular complexity index is 1440. The third kappa shape index (κ3) is 6.85. The lowest BCUT2D eigenvalue weighted by Gasteiger charge is -2.19. The van der Waals surface area contributed by atoms with E-state index in [2.05, 4.69) is 24.3 Å². The first kappa shape index (κ1) is 27.5. The highest BCUT2D eigenvalue weighted by atomic mass is 16.5. The van der Waals surface area contributed by atoms with Gasteiger partial charge >= 0.3 is 0 Å². The first-order chi connectivity index (χ1) is 19.7. The molecule has 6 heteroatoms. The summed E-state index contributed by atoms with van der Waals surface area (Å²) in [6.07, 6.45) is 0.408. The maximum atomic E-state index is 9.57. The molecule has 0 spiro atoms. The lowest BCUT2D eigenvalue weighted by atomic mass is 9.92. The van der Waals surface area contributed by atoms with Crippen molar-refractivity contribution in [2.24, 2.45) is 0 Å². The zero-order valence-corrected chi connectivity index (χ0v) is 21.9. The SMILES string of the molecule is N#CCc1cc(-c2cc(CC#N)c(OCc3ccccc3)c(CC#N)c2)cc(CC#N)c1OCc1ccccc1. The molecule has 4 aromatic rings. The van der Waals surface area contributed by atoms with E-state index in [1.807, 2.05) is 84.9 Å². The molecule has 0 heterocycles. The predicted molar refractivity (Wildman–Crippen MR) is 151 cm³/mol. The lowest BCUT2D eigenvalue weighted by Crippen LogP contribution is -2.04. The highest BCUT2D eigenvalue weighted by Crippen LogP contribution is 2.37. The van der Waals surface area contributed by atoms with Crippen molar-refractivity contribution in [1.82, 2.24) is 0 Å². The molecule has 0 aliphatic carbocycles. The Labute approximate surface area is 234 Å². The quantitative estimate of drug-likeness (QED) is 0.215. The van der Waals surface area contributed by atoms with Crippen molar-refractivity contribution in [1.29, 1.82) is 21.0 Å². The Morgan fingerprint density at radius 1 is 0.450 bits per heavy atom. The lowest BCUT2D eigenvalue weighted by molar-refractivity contribution is 0.300. The Morgan fingerprint density at radius 3 is 1.02 bits per heavy atom.